The van der Waals surface area contributed by atoms with Crippen molar-refractivity contribution in [3.8, 4) is 0 Å². The highest BCUT2D eigenvalue weighted by Crippen LogP contribution is 2.32. The van der Waals surface area contributed by atoms with E-state index in [-0.39, 0.29) is 5.91 Å². The fourth-order valence-corrected chi connectivity index (χ4v) is 4.43. The van der Waals surface area contributed by atoms with Gasteiger partial charge in [0.25, 0.3) is 0 Å². The molecule has 0 fully saturated rings. The highest BCUT2D eigenvalue weighted by atomic mass is 79.9. The monoisotopic (exact) mass is 388 g/mol. The number of benzene rings is 1. The van der Waals surface area contributed by atoms with Gasteiger partial charge in [-0.2, -0.15) is 11.3 Å². The first kappa shape index (κ1) is 15.0. The summed E-state index contributed by atoms with van der Waals surface area (Å²) < 4.78 is 1.08. The van der Waals surface area contributed by atoms with Crippen molar-refractivity contribution in [2.45, 2.75) is 25.8 Å². The number of hydrogen-bond donors (Lipinski definition) is 1. The lowest BCUT2D eigenvalue weighted by atomic mass is 10.0. The van der Waals surface area contributed by atoms with Crippen molar-refractivity contribution >= 4 is 44.1 Å². The number of nitrogens with zero attached hydrogens (tertiary/aromatic N) is 1. The minimum Gasteiger partial charge on any atom is -0.357 e. The molecule has 118 valence electrons. The highest BCUT2D eigenvalue weighted by molar-refractivity contribution is 9.10. The number of H-pyrrole nitrogens is 1. The van der Waals surface area contributed by atoms with Crippen LogP contribution >= 0.6 is 27.3 Å². The molecular weight excluding hydrogens is 372 g/mol. The van der Waals surface area contributed by atoms with Crippen LogP contribution in [0.15, 0.2) is 39.5 Å². The molecule has 3 aromatic rings. The van der Waals surface area contributed by atoms with E-state index >= 15 is 0 Å². The lowest BCUT2D eigenvalue weighted by molar-refractivity contribution is -0.132. The number of thiophene rings is 1. The van der Waals surface area contributed by atoms with Gasteiger partial charge in [0.2, 0.25) is 5.91 Å². The van der Waals surface area contributed by atoms with Crippen molar-refractivity contribution < 1.29 is 4.79 Å². The van der Waals surface area contributed by atoms with Gasteiger partial charge in [0, 0.05) is 47.0 Å². The lowest BCUT2D eigenvalue weighted by Crippen LogP contribution is -2.35. The Balaban J connectivity index is 1.52. The minimum atomic E-state index is 0.256. The summed E-state index contributed by atoms with van der Waals surface area (Å²) in [6.45, 7) is 1.52. The van der Waals surface area contributed by atoms with Crippen LogP contribution in [0.5, 0.6) is 0 Å². The topological polar surface area (TPSA) is 36.1 Å². The Hall–Kier alpha value is -1.59. The third-order valence-corrected chi connectivity index (χ3v) is 5.91. The number of aromatic amines is 1. The van der Waals surface area contributed by atoms with E-state index in [1.807, 2.05) is 11.0 Å². The smallest absolute Gasteiger partial charge is 0.223 e. The first-order chi connectivity index (χ1) is 11.2. The largest absolute Gasteiger partial charge is 0.357 e. The van der Waals surface area contributed by atoms with Crippen LogP contribution in [-0.2, 0) is 24.2 Å². The maximum Gasteiger partial charge on any atom is 0.223 e. The van der Waals surface area contributed by atoms with Gasteiger partial charge in [-0.25, -0.2) is 0 Å². The van der Waals surface area contributed by atoms with Crippen LogP contribution in [0.3, 0.4) is 0 Å². The summed E-state index contributed by atoms with van der Waals surface area (Å²) in [5.41, 5.74) is 4.95. The normalized spacial score (nSPS) is 14.2. The number of hydrogen-bond acceptors (Lipinski definition) is 2. The molecule has 1 aromatic carbocycles. The summed E-state index contributed by atoms with van der Waals surface area (Å²) in [5.74, 6) is 0.256. The summed E-state index contributed by atoms with van der Waals surface area (Å²) in [6.07, 6.45) is 2.34. The molecule has 0 spiro atoms. The molecule has 1 aliphatic heterocycles. The van der Waals surface area contributed by atoms with Crippen molar-refractivity contribution in [2.24, 2.45) is 0 Å². The second kappa shape index (κ2) is 6.13. The van der Waals surface area contributed by atoms with Crippen LogP contribution in [-0.4, -0.2) is 22.3 Å². The zero-order valence-corrected chi connectivity index (χ0v) is 15.0. The molecule has 0 bridgehead atoms. The van der Waals surface area contributed by atoms with Gasteiger partial charge in [0.15, 0.2) is 0 Å². The van der Waals surface area contributed by atoms with Gasteiger partial charge in [-0.05, 0) is 50.8 Å². The molecule has 0 saturated heterocycles. The molecule has 23 heavy (non-hydrogen) atoms. The van der Waals surface area contributed by atoms with E-state index in [0.29, 0.717) is 13.0 Å². The second-order valence-corrected chi connectivity index (χ2v) is 7.58. The number of aryl methyl sites for hydroxylation is 1. The van der Waals surface area contributed by atoms with E-state index in [1.54, 1.807) is 11.3 Å². The number of nitrogens with one attached hydrogen (secondary N) is 1. The molecule has 0 saturated carbocycles. The summed E-state index contributed by atoms with van der Waals surface area (Å²) in [6, 6.07) is 8.34. The first-order valence-corrected chi connectivity index (χ1v) is 9.53. The zero-order chi connectivity index (χ0) is 15.8. The quantitative estimate of drug-likeness (QED) is 0.703. The van der Waals surface area contributed by atoms with Gasteiger partial charge in [-0.3, -0.25) is 4.79 Å². The Labute approximate surface area is 147 Å². The van der Waals surface area contributed by atoms with Crippen LogP contribution in [0.4, 0.5) is 0 Å². The van der Waals surface area contributed by atoms with Crippen molar-refractivity contribution in [3.05, 3.63) is 56.3 Å². The minimum absolute atomic E-state index is 0.256. The molecule has 1 aliphatic rings. The summed E-state index contributed by atoms with van der Waals surface area (Å²) in [4.78, 5) is 18.1. The molecule has 0 aliphatic carbocycles. The zero-order valence-electron chi connectivity index (χ0n) is 12.6. The number of halogens is 1. The van der Waals surface area contributed by atoms with Gasteiger partial charge in [0.1, 0.15) is 0 Å². The maximum absolute atomic E-state index is 12.5. The average Bonchev–Trinajstić information content (AvgIpc) is 3.20. The summed E-state index contributed by atoms with van der Waals surface area (Å²) >= 11 is 5.29. The third-order valence-electron chi connectivity index (χ3n) is 4.52. The molecule has 1 N–H and O–H groups in total. The average molecular weight is 389 g/mol. The number of carbonyl (C=O) groups is 1. The molecule has 3 heterocycles. The standard InChI is InChI=1S/C18H17BrN2OS/c19-15-3-1-2-13-14-10-21(8-6-16(14)20-18(13)15)17(22)5-4-12-7-9-23-11-12/h1-3,7,9,11,20H,4-6,8,10H2. The molecule has 1 amide bonds. The molecule has 3 nitrogen and oxygen atoms in total. The molecule has 5 heteroatoms. The summed E-state index contributed by atoms with van der Waals surface area (Å²) in [5, 5.41) is 5.42. The van der Waals surface area contributed by atoms with E-state index in [0.717, 1.165) is 29.4 Å². The number of amides is 1. The lowest BCUT2D eigenvalue weighted by Gasteiger charge is -2.27. The first-order valence-electron chi connectivity index (χ1n) is 7.79. The Bertz CT molecular complexity index is 853. The van der Waals surface area contributed by atoms with Crippen LogP contribution < -0.4 is 0 Å². The van der Waals surface area contributed by atoms with Crippen LogP contribution in [0.25, 0.3) is 10.9 Å². The van der Waals surface area contributed by atoms with Crippen molar-refractivity contribution in [1.82, 2.24) is 9.88 Å². The van der Waals surface area contributed by atoms with E-state index in [2.05, 4.69) is 49.9 Å². The highest BCUT2D eigenvalue weighted by Gasteiger charge is 2.24. The van der Waals surface area contributed by atoms with Crippen LogP contribution in [0, 0.1) is 0 Å². The van der Waals surface area contributed by atoms with E-state index in [9.17, 15) is 4.79 Å². The molecule has 0 atom stereocenters. The Morgan fingerprint density at radius 2 is 2.26 bits per heavy atom. The molecule has 2 aromatic heterocycles. The Morgan fingerprint density at radius 3 is 3.09 bits per heavy atom. The number of rotatable bonds is 3. The van der Waals surface area contributed by atoms with Crippen molar-refractivity contribution in [2.75, 3.05) is 6.54 Å². The van der Waals surface area contributed by atoms with E-state index < -0.39 is 0 Å². The van der Waals surface area contributed by atoms with Gasteiger partial charge in [-0.15, -0.1) is 0 Å². The molecular formula is C18H17BrN2OS. The third kappa shape index (κ3) is 2.83. The number of para-hydroxylation sites is 1. The SMILES string of the molecule is O=C(CCc1ccsc1)N1CCc2[nH]c3c(Br)cccc3c2C1. The predicted molar refractivity (Wildman–Crippen MR) is 97.8 cm³/mol. The summed E-state index contributed by atoms with van der Waals surface area (Å²) in [7, 11) is 0. The van der Waals surface area contributed by atoms with Gasteiger partial charge in [-0.1, -0.05) is 12.1 Å². The Kier molecular flexibility index (Phi) is 3.99. The van der Waals surface area contributed by atoms with Gasteiger partial charge >= 0.3 is 0 Å². The number of fused-ring (bicyclic) bond motifs is 3. The fourth-order valence-electron chi connectivity index (χ4n) is 3.26. The van der Waals surface area contributed by atoms with E-state index in [1.165, 1.54) is 22.2 Å². The van der Waals surface area contributed by atoms with Gasteiger partial charge < -0.3 is 9.88 Å². The van der Waals surface area contributed by atoms with Crippen molar-refractivity contribution in [1.29, 1.82) is 0 Å². The second-order valence-electron chi connectivity index (χ2n) is 5.94. The fraction of sp³-hybridized carbons (Fsp3) is 0.278. The van der Waals surface area contributed by atoms with E-state index in [4.69, 9.17) is 0 Å². The predicted octanol–water partition coefficient (Wildman–Crippen LogP) is 4.51. The number of aromatic nitrogens is 1. The van der Waals surface area contributed by atoms with Crippen molar-refractivity contribution in [3.63, 3.8) is 0 Å². The maximum atomic E-state index is 12.5. The molecule has 0 radical (unpaired) electrons. The van der Waals surface area contributed by atoms with Gasteiger partial charge in [0.05, 0.1) is 5.52 Å². The number of carbonyl (C=O) groups excluding carboxylic acids is 1. The Morgan fingerprint density at radius 1 is 1.35 bits per heavy atom. The van der Waals surface area contributed by atoms with Crippen LogP contribution in [0.2, 0.25) is 0 Å². The molecule has 0 unspecified atom stereocenters. The van der Waals surface area contributed by atoms with Crippen LogP contribution in [0.1, 0.15) is 23.2 Å². The molecule has 4 rings (SSSR count).